The van der Waals surface area contributed by atoms with Crippen molar-refractivity contribution in [2.45, 2.75) is 193 Å². The molecule has 4 heterocycles. The molecule has 5 aliphatic rings. The van der Waals surface area contributed by atoms with Crippen molar-refractivity contribution in [2.75, 3.05) is 21.3 Å². The van der Waals surface area contributed by atoms with Gasteiger partial charge in [-0.3, -0.25) is 19.2 Å². The Morgan fingerprint density at radius 2 is 0.710 bits per heavy atom. The molecule has 16 heteroatoms. The van der Waals surface area contributed by atoms with E-state index in [1.54, 1.807) is 0 Å². The molecule has 100 heavy (non-hydrogen) atoms. The molecule has 518 valence electrons. The Hall–Kier alpha value is -9.96. The number of allylic oxidation sites excluding steroid dienone is 4. The topological polar surface area (TPSA) is 220 Å². The molecular weight excluding hydrogens is 1240 g/mol. The van der Waals surface area contributed by atoms with Crippen LogP contribution in [0.25, 0.3) is 69.3 Å². The van der Waals surface area contributed by atoms with E-state index in [0.29, 0.717) is 53.6 Å². The van der Waals surface area contributed by atoms with Crippen molar-refractivity contribution in [3.63, 3.8) is 0 Å². The van der Waals surface area contributed by atoms with Crippen LogP contribution in [0.5, 0.6) is 0 Å². The summed E-state index contributed by atoms with van der Waals surface area (Å²) in [7, 11) is 0. The summed E-state index contributed by atoms with van der Waals surface area (Å²) in [6.07, 6.45) is 23.2. The number of hydrogen-bond acceptors (Lipinski definition) is 12. The lowest BCUT2D eigenvalue weighted by molar-refractivity contribution is -0.119. The predicted molar refractivity (Wildman–Crippen MR) is 407 cm³/mol. The van der Waals surface area contributed by atoms with Crippen LogP contribution in [-0.2, 0) is 70.5 Å². The number of rotatable bonds is 14. The maximum absolute atomic E-state index is 12.7. The summed E-state index contributed by atoms with van der Waals surface area (Å²) < 4.78 is 0. The van der Waals surface area contributed by atoms with Crippen molar-refractivity contribution >= 4 is 71.2 Å². The van der Waals surface area contributed by atoms with E-state index in [1.807, 2.05) is 126 Å². The van der Waals surface area contributed by atoms with Gasteiger partial charge in [0.2, 0.25) is 23.6 Å². The third kappa shape index (κ3) is 18.9. The number of carbonyl (C=O) groups is 4. The average Bonchev–Trinajstić information content (AvgIpc) is 0.798. The third-order valence-corrected chi connectivity index (χ3v) is 18.2. The Morgan fingerprint density at radius 1 is 0.400 bits per heavy atom. The quantitative estimate of drug-likeness (QED) is 0.0799. The molecule has 0 spiro atoms. The zero-order valence-corrected chi connectivity index (χ0v) is 60.8. The first-order valence-corrected chi connectivity index (χ1v) is 35.8. The van der Waals surface area contributed by atoms with Gasteiger partial charge in [-0.15, -0.1) is 0 Å². The molecule has 0 saturated heterocycles. The van der Waals surface area contributed by atoms with Crippen LogP contribution in [0.1, 0.15) is 209 Å². The third-order valence-electron chi connectivity index (χ3n) is 18.2. The smallest absolute Gasteiger partial charge is 0.228 e. The number of nitrogens with one attached hydrogen (secondary N) is 4. The van der Waals surface area contributed by atoms with Crippen LogP contribution < -0.4 is 21.3 Å². The lowest BCUT2D eigenvalue weighted by Gasteiger charge is -2.22. The monoisotopic (exact) mass is 1340 g/mol. The van der Waals surface area contributed by atoms with E-state index in [4.69, 9.17) is 34.9 Å². The fraction of sp³-hybridized carbons (Fsp3) is 0.381. The van der Waals surface area contributed by atoms with Gasteiger partial charge in [0.25, 0.3) is 0 Å². The van der Waals surface area contributed by atoms with Crippen LogP contribution in [0, 0.1) is 17.8 Å². The van der Waals surface area contributed by atoms with Gasteiger partial charge in [-0.25, -0.2) is 39.9 Å². The summed E-state index contributed by atoms with van der Waals surface area (Å²) in [6.45, 7) is 25.7. The Labute approximate surface area is 591 Å². The average molecular weight is 1340 g/mol. The summed E-state index contributed by atoms with van der Waals surface area (Å²) >= 11 is 0. The second-order valence-electron chi connectivity index (χ2n) is 28.4. The molecule has 0 aliphatic heterocycles. The summed E-state index contributed by atoms with van der Waals surface area (Å²) in [4.78, 5) is 87.2. The molecule has 1 fully saturated rings. The normalized spacial score (nSPS) is 13.6. The van der Waals surface area contributed by atoms with Crippen LogP contribution in [-0.4, -0.2) is 63.5 Å². The van der Waals surface area contributed by atoms with Crippen molar-refractivity contribution in [2.24, 2.45) is 17.8 Å². The minimum Gasteiger partial charge on any atom is -0.309 e. The number of fused-ring (bicyclic) bond motifs is 12. The highest BCUT2D eigenvalue weighted by atomic mass is 16.2. The Bertz CT molecular complexity index is 4480. The molecule has 4 amide bonds. The van der Waals surface area contributed by atoms with E-state index >= 15 is 0 Å². The maximum atomic E-state index is 12.7. The Balaban J connectivity index is 0.000000144. The molecule has 1 atom stereocenters. The van der Waals surface area contributed by atoms with Gasteiger partial charge in [-0.1, -0.05) is 166 Å². The highest BCUT2D eigenvalue weighted by molar-refractivity contribution is 5.95. The van der Waals surface area contributed by atoms with E-state index in [9.17, 15) is 19.2 Å². The molecule has 1 unspecified atom stereocenters. The van der Waals surface area contributed by atoms with Gasteiger partial charge in [0.15, 0.2) is 23.3 Å². The lowest BCUT2D eigenvalue weighted by Crippen LogP contribution is -2.22. The molecular formula is C84H98N12O4. The summed E-state index contributed by atoms with van der Waals surface area (Å²) in [5.74, 6) is 3.01. The van der Waals surface area contributed by atoms with Gasteiger partial charge in [0, 0.05) is 47.9 Å². The van der Waals surface area contributed by atoms with E-state index in [2.05, 4.69) is 105 Å². The van der Waals surface area contributed by atoms with Crippen LogP contribution in [0.2, 0.25) is 0 Å². The first kappa shape index (κ1) is 72.8. The molecule has 0 radical (unpaired) electrons. The second-order valence-corrected chi connectivity index (χ2v) is 28.4. The number of nitrogens with zero attached hydrogens (tertiary/aromatic N) is 8. The second kappa shape index (κ2) is 33.7. The fourth-order valence-electron chi connectivity index (χ4n) is 13.2. The van der Waals surface area contributed by atoms with E-state index < -0.39 is 0 Å². The largest absolute Gasteiger partial charge is 0.309 e. The number of amides is 4. The maximum Gasteiger partial charge on any atom is 0.228 e. The van der Waals surface area contributed by atoms with Gasteiger partial charge >= 0.3 is 0 Å². The molecule has 1 saturated carbocycles. The number of hydrogen-bond donors (Lipinski definition) is 4. The zero-order chi connectivity index (χ0) is 71.1. The molecule has 4 aromatic heterocycles. The van der Waals surface area contributed by atoms with E-state index in [-0.39, 0.29) is 29.5 Å². The SMILES string of the molecule is CC(=O)Nc1nc2c(nc1C=C(C)C)-c1ccccc1CC2.CC(C)=Cc1nc2c(nc1NC(=O)CC(C)C)CCc1ccccc1-2.CC(C)=Cc1nc2c(nc1NC(=O)CC1CCCCC1)CCc1ccccc1-2.CCC(C)C(=O)Nc1nc2c(nc1C=C(C)C)-c1ccccc1CC2. The molecule has 4 N–H and O–H groups in total. The predicted octanol–water partition coefficient (Wildman–Crippen LogP) is 18.5. The first-order valence-electron chi connectivity index (χ1n) is 35.8. The summed E-state index contributed by atoms with van der Waals surface area (Å²) in [5.41, 5.74) is 24.9. The summed E-state index contributed by atoms with van der Waals surface area (Å²) in [5, 5.41) is 11.8. The minimum absolute atomic E-state index is 0.00337. The molecule has 8 aromatic rings. The number of aromatic nitrogens is 8. The van der Waals surface area contributed by atoms with Gasteiger partial charge < -0.3 is 21.3 Å². The van der Waals surface area contributed by atoms with Crippen LogP contribution in [0.15, 0.2) is 119 Å². The summed E-state index contributed by atoms with van der Waals surface area (Å²) in [6, 6.07) is 33.4. The Morgan fingerprint density at radius 3 is 1.02 bits per heavy atom. The fourth-order valence-corrected chi connectivity index (χ4v) is 13.2. The molecule has 5 aliphatic carbocycles. The van der Waals surface area contributed by atoms with Gasteiger partial charge in [0.05, 0.1) is 45.6 Å². The van der Waals surface area contributed by atoms with Gasteiger partial charge in [-0.05, 0) is 184 Å². The number of benzene rings is 4. The van der Waals surface area contributed by atoms with Crippen molar-refractivity contribution < 1.29 is 19.2 Å². The Kier molecular flexibility index (Phi) is 24.5. The number of anilines is 4. The zero-order valence-electron chi connectivity index (χ0n) is 60.8. The molecule has 0 bridgehead atoms. The molecule has 4 aromatic carbocycles. The molecule has 13 rings (SSSR count). The van der Waals surface area contributed by atoms with Crippen molar-refractivity contribution in [1.29, 1.82) is 0 Å². The van der Waals surface area contributed by atoms with Gasteiger partial charge in [0.1, 0.15) is 22.8 Å². The molecule has 16 nitrogen and oxygen atoms in total. The number of aryl methyl sites for hydroxylation is 8. The van der Waals surface area contributed by atoms with Crippen molar-refractivity contribution in [3.05, 3.63) is 187 Å². The van der Waals surface area contributed by atoms with Crippen LogP contribution in [0.4, 0.5) is 23.3 Å². The highest BCUT2D eigenvalue weighted by Gasteiger charge is 2.27. The standard InChI is InChI=1S/C24H29N3O.2C21H25N3O.C18H19N3O/c1-16(2)14-21-24(27-22(28)15-17-8-4-3-5-9-17)26-20-13-12-18-10-6-7-11-19(18)23(20)25-21;1-13(2)11-18-21(24-19(25)12-14(3)4)23-17-10-9-15-7-5-6-8-16(15)20(17)22-18;1-5-14(4)21(25)24-20-18(12-13(2)3)22-19-16-9-7-6-8-15(16)10-11-17(19)23-20;1-11(2)10-16-18(19-12(3)22)21-15-9-8-13-6-4-5-7-14(13)17(15)20-16/h6-7,10-11,14,17H,3-5,8-9,12-13,15H2,1-2H3,(H,26,27,28);5-8,11,14H,9-10,12H2,1-4H3,(H,23,24,25);6-9,12,14H,5,10-11H2,1-4H3,(H,23,24,25);4-7,10H,8-9H2,1-3H3,(H,19,21,22). The van der Waals surface area contributed by atoms with E-state index in [0.717, 1.165) is 159 Å². The van der Waals surface area contributed by atoms with Crippen LogP contribution >= 0.6 is 0 Å². The van der Waals surface area contributed by atoms with E-state index in [1.165, 1.54) is 66.8 Å². The van der Waals surface area contributed by atoms with Crippen LogP contribution in [0.3, 0.4) is 0 Å². The van der Waals surface area contributed by atoms with Crippen molar-refractivity contribution in [1.82, 2.24) is 39.9 Å². The van der Waals surface area contributed by atoms with Crippen molar-refractivity contribution in [3.8, 4) is 45.0 Å². The van der Waals surface area contributed by atoms with Gasteiger partial charge in [-0.2, -0.15) is 0 Å². The first-order chi connectivity index (χ1) is 48.1. The number of carbonyl (C=O) groups excluding carboxylic acids is 4. The lowest BCUT2D eigenvalue weighted by atomic mass is 9.87. The highest BCUT2D eigenvalue weighted by Crippen LogP contribution is 2.38. The minimum atomic E-state index is -0.131.